The van der Waals surface area contributed by atoms with Gasteiger partial charge in [-0.15, -0.1) is 0 Å². The molecule has 2 aromatic carbocycles. The average Bonchev–Trinajstić information content (AvgIpc) is 3.55. The molecule has 42 heavy (non-hydrogen) atoms. The lowest BCUT2D eigenvalue weighted by Crippen LogP contribution is -2.46. The van der Waals surface area contributed by atoms with Gasteiger partial charge in [-0.05, 0) is 25.1 Å². The number of amides is 2. The van der Waals surface area contributed by atoms with Crippen molar-refractivity contribution >= 4 is 40.7 Å². The Hall–Kier alpha value is -3.77. The monoisotopic (exact) mass is 613 g/mol. The van der Waals surface area contributed by atoms with E-state index in [4.69, 9.17) is 27.9 Å². The summed E-state index contributed by atoms with van der Waals surface area (Å²) in [6, 6.07) is 8.08. The number of methoxy groups -OCH3 is 1. The quantitative estimate of drug-likeness (QED) is 0.300. The third kappa shape index (κ3) is 5.78. The van der Waals surface area contributed by atoms with E-state index in [1.54, 1.807) is 54.2 Å². The Morgan fingerprint density at radius 1 is 1.10 bits per heavy atom. The van der Waals surface area contributed by atoms with Crippen LogP contribution in [-0.4, -0.2) is 75.9 Å². The first-order chi connectivity index (χ1) is 20.2. The highest BCUT2D eigenvalue weighted by molar-refractivity contribution is 6.34. The number of nitrogens with one attached hydrogen (secondary N) is 2. The maximum Gasteiger partial charge on any atom is 0.291 e. The maximum atomic E-state index is 15.6. The fourth-order valence-corrected chi connectivity index (χ4v) is 5.45. The molecule has 0 saturated carbocycles. The van der Waals surface area contributed by atoms with E-state index in [1.807, 2.05) is 6.92 Å². The van der Waals surface area contributed by atoms with Crippen molar-refractivity contribution in [3.05, 3.63) is 75.7 Å². The van der Waals surface area contributed by atoms with Crippen molar-refractivity contribution in [2.75, 3.05) is 45.2 Å². The molecule has 0 bridgehead atoms. The highest BCUT2D eigenvalue weighted by atomic mass is 35.5. The van der Waals surface area contributed by atoms with Crippen LogP contribution in [0.15, 0.2) is 42.7 Å². The number of carbonyl (C=O) groups excluding carboxylic acids is 2. The van der Waals surface area contributed by atoms with Gasteiger partial charge in [0.15, 0.2) is 5.82 Å². The topological polar surface area (TPSA) is 106 Å². The number of imidazole rings is 1. The zero-order valence-corrected chi connectivity index (χ0v) is 24.9. The Morgan fingerprint density at radius 3 is 2.55 bits per heavy atom. The second kappa shape index (κ2) is 12.6. The van der Waals surface area contributed by atoms with Crippen molar-refractivity contribution in [2.45, 2.75) is 13.5 Å². The lowest BCUT2D eigenvalue weighted by Gasteiger charge is -2.27. The van der Waals surface area contributed by atoms with E-state index in [1.165, 1.54) is 16.8 Å². The zero-order valence-electron chi connectivity index (χ0n) is 23.4. The number of piperazine rings is 1. The van der Waals surface area contributed by atoms with Gasteiger partial charge < -0.3 is 24.8 Å². The highest BCUT2D eigenvalue weighted by Gasteiger charge is 2.23. The van der Waals surface area contributed by atoms with E-state index < -0.39 is 11.7 Å². The number of benzene rings is 2. The molecule has 10 nitrogen and oxygen atoms in total. The summed E-state index contributed by atoms with van der Waals surface area (Å²) >= 11 is 12.9. The molecule has 5 rings (SSSR count). The predicted molar refractivity (Wildman–Crippen MR) is 160 cm³/mol. The standard InChI is InChI=1S/C29H30Cl2FN7O3/c1-17-22(15-35-39(17)12-13-42-3)19-6-7-21(25(31)26(19)32)24-16-34-27(37(24)2)28(40)36-18-4-5-20(23(30)14-18)29(41)38-10-8-33-9-11-38/h4-7,14-16,33H,8-13H2,1-3H3,(H,36,40). The number of hydrogen-bond donors (Lipinski definition) is 2. The van der Waals surface area contributed by atoms with Crippen LogP contribution in [0.2, 0.25) is 10.0 Å². The first-order valence-corrected chi connectivity index (χ1v) is 14.1. The molecule has 1 aliphatic rings. The summed E-state index contributed by atoms with van der Waals surface area (Å²) in [5.41, 5.74) is 3.35. The van der Waals surface area contributed by atoms with E-state index in [2.05, 4.69) is 20.7 Å². The van der Waals surface area contributed by atoms with Gasteiger partial charge in [-0.25, -0.2) is 9.37 Å². The lowest BCUT2D eigenvalue weighted by molar-refractivity contribution is 0.0736. The van der Waals surface area contributed by atoms with Crippen molar-refractivity contribution in [3.8, 4) is 22.4 Å². The summed E-state index contributed by atoms with van der Waals surface area (Å²) in [5, 5.41) is 10.4. The van der Waals surface area contributed by atoms with Gasteiger partial charge >= 0.3 is 0 Å². The molecule has 2 N–H and O–H groups in total. The van der Waals surface area contributed by atoms with Crippen LogP contribution in [0.3, 0.4) is 0 Å². The Labute approximate surface area is 252 Å². The van der Waals surface area contributed by atoms with Crippen LogP contribution in [-0.2, 0) is 18.3 Å². The second-order valence-corrected chi connectivity index (χ2v) is 10.7. The van der Waals surface area contributed by atoms with Gasteiger partial charge in [-0.3, -0.25) is 14.3 Å². The van der Waals surface area contributed by atoms with Crippen LogP contribution in [0.25, 0.3) is 22.4 Å². The predicted octanol–water partition coefficient (Wildman–Crippen LogP) is 4.65. The van der Waals surface area contributed by atoms with Crippen molar-refractivity contribution in [1.82, 2.24) is 29.5 Å². The number of halogens is 3. The number of aromatic nitrogens is 4. The van der Waals surface area contributed by atoms with Crippen LogP contribution < -0.4 is 10.6 Å². The normalized spacial score (nSPS) is 13.4. The minimum absolute atomic E-state index is 0.0814. The maximum absolute atomic E-state index is 15.6. The molecular formula is C29H30Cl2FN7O3. The Morgan fingerprint density at radius 2 is 1.83 bits per heavy atom. The number of rotatable bonds is 8. The number of ether oxygens (including phenoxy) is 1. The molecular weight excluding hydrogens is 584 g/mol. The molecule has 1 saturated heterocycles. The van der Waals surface area contributed by atoms with E-state index in [9.17, 15) is 9.59 Å². The van der Waals surface area contributed by atoms with Gasteiger partial charge in [0.25, 0.3) is 11.8 Å². The molecule has 1 aliphatic heterocycles. The molecule has 3 heterocycles. The van der Waals surface area contributed by atoms with Gasteiger partial charge in [0.05, 0.1) is 46.8 Å². The molecule has 0 radical (unpaired) electrons. The zero-order chi connectivity index (χ0) is 30.0. The number of carbonyl (C=O) groups is 2. The summed E-state index contributed by atoms with van der Waals surface area (Å²) in [5.74, 6) is -1.18. The molecule has 0 atom stereocenters. The number of nitrogens with zero attached hydrogens (tertiary/aromatic N) is 5. The van der Waals surface area contributed by atoms with Crippen molar-refractivity contribution in [1.29, 1.82) is 0 Å². The van der Waals surface area contributed by atoms with Crippen molar-refractivity contribution in [3.63, 3.8) is 0 Å². The van der Waals surface area contributed by atoms with Crippen LogP contribution in [0.1, 0.15) is 26.7 Å². The Balaban J connectivity index is 1.34. The van der Waals surface area contributed by atoms with Gasteiger partial charge in [-0.1, -0.05) is 35.3 Å². The van der Waals surface area contributed by atoms with E-state index in [-0.39, 0.29) is 21.8 Å². The van der Waals surface area contributed by atoms with Crippen LogP contribution >= 0.6 is 23.2 Å². The molecule has 220 valence electrons. The lowest BCUT2D eigenvalue weighted by atomic mass is 10.0. The van der Waals surface area contributed by atoms with Gasteiger partial charge in [0, 0.05) is 68.4 Å². The molecule has 2 aromatic heterocycles. The minimum Gasteiger partial charge on any atom is -0.383 e. The molecule has 0 aliphatic carbocycles. The van der Waals surface area contributed by atoms with Gasteiger partial charge in [-0.2, -0.15) is 5.10 Å². The largest absolute Gasteiger partial charge is 0.383 e. The number of anilines is 1. The van der Waals surface area contributed by atoms with Crippen LogP contribution in [0, 0.1) is 12.7 Å². The fraction of sp³-hybridized carbons (Fsp3) is 0.310. The van der Waals surface area contributed by atoms with Crippen molar-refractivity contribution in [2.24, 2.45) is 7.05 Å². The average molecular weight is 615 g/mol. The van der Waals surface area contributed by atoms with E-state index >= 15 is 4.39 Å². The third-order valence-corrected chi connectivity index (χ3v) is 7.99. The SMILES string of the molecule is COCCn1ncc(-c2ccc(-c3cnc(C(=O)Nc4ccc(C(=O)N5CCNCC5)c(Cl)c4)n3C)c(Cl)c2F)c1C. The Bertz CT molecular complexity index is 1650. The van der Waals surface area contributed by atoms with E-state index in [0.29, 0.717) is 59.9 Å². The summed E-state index contributed by atoms with van der Waals surface area (Å²) in [4.78, 5) is 32.0. The highest BCUT2D eigenvalue weighted by Crippen LogP contribution is 2.37. The molecule has 4 aromatic rings. The number of hydrogen-bond acceptors (Lipinski definition) is 6. The summed E-state index contributed by atoms with van der Waals surface area (Å²) in [6.07, 6.45) is 3.07. The molecule has 0 spiro atoms. The third-order valence-electron chi connectivity index (χ3n) is 7.31. The smallest absolute Gasteiger partial charge is 0.291 e. The summed E-state index contributed by atoms with van der Waals surface area (Å²) in [6.45, 7) is 5.54. The molecule has 13 heteroatoms. The molecule has 0 unspecified atom stereocenters. The Kier molecular flexibility index (Phi) is 8.93. The van der Waals surface area contributed by atoms with Gasteiger partial charge in [0.2, 0.25) is 0 Å². The second-order valence-electron chi connectivity index (χ2n) is 9.87. The first kappa shape index (κ1) is 29.7. The van der Waals surface area contributed by atoms with Crippen LogP contribution in [0.5, 0.6) is 0 Å². The van der Waals surface area contributed by atoms with E-state index in [0.717, 1.165) is 18.8 Å². The fourth-order valence-electron chi connectivity index (χ4n) is 4.93. The van der Waals surface area contributed by atoms with Gasteiger partial charge in [0.1, 0.15) is 5.82 Å². The van der Waals surface area contributed by atoms with Crippen LogP contribution in [0.4, 0.5) is 10.1 Å². The first-order valence-electron chi connectivity index (χ1n) is 13.3. The molecule has 1 fully saturated rings. The summed E-state index contributed by atoms with van der Waals surface area (Å²) < 4.78 is 24.0. The molecule has 2 amide bonds. The van der Waals surface area contributed by atoms with Crippen molar-refractivity contribution < 1.29 is 18.7 Å². The summed E-state index contributed by atoms with van der Waals surface area (Å²) in [7, 11) is 3.25. The minimum atomic E-state index is -0.596.